The van der Waals surface area contributed by atoms with Crippen molar-refractivity contribution in [2.45, 2.75) is 39.5 Å². The van der Waals surface area contributed by atoms with Gasteiger partial charge in [0.15, 0.2) is 0 Å². The average Bonchev–Trinajstić information content (AvgIpc) is 2.40. The van der Waals surface area contributed by atoms with E-state index in [0.29, 0.717) is 17.3 Å². The van der Waals surface area contributed by atoms with Crippen molar-refractivity contribution in [3.8, 4) is 0 Å². The molecule has 0 fully saturated rings. The third kappa shape index (κ3) is 3.23. The fraction of sp³-hybridized carbons (Fsp3) is 0.400. The summed E-state index contributed by atoms with van der Waals surface area (Å²) in [5.41, 5.74) is 0.951. The molecule has 106 valence electrons. The summed E-state index contributed by atoms with van der Waals surface area (Å²) in [7, 11) is 0. The molecule has 5 heteroatoms. The Kier molecular flexibility index (Phi) is 4.50. The second kappa shape index (κ2) is 6.32. The molecular weight excluding hydrogens is 256 g/mol. The van der Waals surface area contributed by atoms with Crippen molar-refractivity contribution in [1.82, 2.24) is 4.98 Å². The van der Waals surface area contributed by atoms with Gasteiger partial charge in [-0.25, -0.2) is 4.79 Å². The van der Waals surface area contributed by atoms with Gasteiger partial charge in [-0.2, -0.15) is 4.98 Å². The smallest absolute Gasteiger partial charge is 0.348 e. The third-order valence-corrected chi connectivity index (χ3v) is 3.11. The molecule has 0 aliphatic carbocycles. The monoisotopic (exact) mass is 274 g/mol. The maximum atomic E-state index is 11.8. The Morgan fingerprint density at radius 1 is 1.35 bits per heavy atom. The number of nitrogens with one attached hydrogen (secondary N) is 1. The van der Waals surface area contributed by atoms with Crippen molar-refractivity contribution in [3.63, 3.8) is 0 Å². The number of aryl methyl sites for hydroxylation is 1. The molecular formula is C15H18N2O3. The minimum Gasteiger partial charge on any atom is -0.388 e. The molecule has 1 aromatic carbocycles. The molecule has 1 aromatic heterocycles. The number of hydrogen-bond donors (Lipinski definition) is 1. The summed E-state index contributed by atoms with van der Waals surface area (Å²) in [4.78, 5) is 27.7. The van der Waals surface area contributed by atoms with E-state index in [1.807, 2.05) is 13.0 Å². The van der Waals surface area contributed by atoms with E-state index in [2.05, 4.69) is 17.2 Å². The lowest BCUT2D eigenvalue weighted by Crippen LogP contribution is -2.15. The molecule has 2 rings (SSSR count). The number of amides is 1. The fourth-order valence-corrected chi connectivity index (χ4v) is 2.01. The van der Waals surface area contributed by atoms with E-state index >= 15 is 0 Å². The lowest BCUT2D eigenvalue weighted by atomic mass is 10.1. The molecule has 20 heavy (non-hydrogen) atoms. The van der Waals surface area contributed by atoms with Gasteiger partial charge < -0.3 is 4.42 Å². The summed E-state index contributed by atoms with van der Waals surface area (Å²) >= 11 is 0. The van der Waals surface area contributed by atoms with Gasteiger partial charge in [-0.1, -0.05) is 31.9 Å². The molecule has 0 bridgehead atoms. The highest BCUT2D eigenvalue weighted by atomic mass is 16.4. The first-order valence-corrected chi connectivity index (χ1v) is 6.82. The van der Waals surface area contributed by atoms with E-state index in [1.54, 1.807) is 12.1 Å². The Bertz CT molecular complexity index is 676. The van der Waals surface area contributed by atoms with Crippen LogP contribution in [0, 0.1) is 6.92 Å². The second-order valence-electron chi connectivity index (χ2n) is 4.78. The number of hydrogen-bond acceptors (Lipinski definition) is 4. The number of para-hydroxylation sites is 1. The minimum atomic E-state index is -0.484. The molecule has 0 saturated carbocycles. The summed E-state index contributed by atoms with van der Waals surface area (Å²) in [5, 5.41) is 2.97. The molecule has 0 spiro atoms. The van der Waals surface area contributed by atoms with Gasteiger partial charge in [-0.3, -0.25) is 10.1 Å². The SMILES string of the molecule is CCCCCC(=O)Nc1nc2c(C)cccc2c(=O)o1. The largest absolute Gasteiger partial charge is 0.388 e. The van der Waals surface area contributed by atoms with Gasteiger partial charge in [0.05, 0.1) is 10.9 Å². The van der Waals surface area contributed by atoms with Gasteiger partial charge in [0.2, 0.25) is 5.91 Å². The van der Waals surface area contributed by atoms with Crippen molar-refractivity contribution < 1.29 is 9.21 Å². The van der Waals surface area contributed by atoms with Gasteiger partial charge >= 0.3 is 11.6 Å². The van der Waals surface area contributed by atoms with Crippen LogP contribution in [-0.2, 0) is 4.79 Å². The first-order valence-electron chi connectivity index (χ1n) is 6.82. The van der Waals surface area contributed by atoms with Gasteiger partial charge in [-0.15, -0.1) is 0 Å². The number of nitrogens with zero attached hydrogens (tertiary/aromatic N) is 1. The van der Waals surface area contributed by atoms with Crippen molar-refractivity contribution in [2.24, 2.45) is 0 Å². The van der Waals surface area contributed by atoms with E-state index in [0.717, 1.165) is 24.8 Å². The quantitative estimate of drug-likeness (QED) is 0.851. The topological polar surface area (TPSA) is 72.2 Å². The number of fused-ring (bicyclic) bond motifs is 1. The molecule has 1 heterocycles. The highest BCUT2D eigenvalue weighted by molar-refractivity contribution is 5.89. The number of carbonyl (C=O) groups excluding carboxylic acids is 1. The summed E-state index contributed by atoms with van der Waals surface area (Å²) in [6.45, 7) is 3.94. The lowest BCUT2D eigenvalue weighted by molar-refractivity contribution is -0.116. The van der Waals surface area contributed by atoms with E-state index in [1.165, 1.54) is 0 Å². The molecule has 0 aliphatic rings. The van der Waals surface area contributed by atoms with Gasteiger partial charge in [0.1, 0.15) is 0 Å². The third-order valence-electron chi connectivity index (χ3n) is 3.11. The molecule has 2 aromatic rings. The highest BCUT2D eigenvalue weighted by Crippen LogP contribution is 2.15. The summed E-state index contributed by atoms with van der Waals surface area (Å²) in [6.07, 6.45) is 3.28. The zero-order chi connectivity index (χ0) is 14.5. The highest BCUT2D eigenvalue weighted by Gasteiger charge is 2.10. The number of benzene rings is 1. The standard InChI is InChI=1S/C15H18N2O3/c1-3-4-5-9-12(18)16-15-17-13-10(2)7-6-8-11(13)14(19)20-15/h6-8H,3-5,9H2,1-2H3,(H,16,17,18). The summed E-state index contributed by atoms with van der Waals surface area (Å²) < 4.78 is 5.02. The second-order valence-corrected chi connectivity index (χ2v) is 4.78. The van der Waals surface area contributed by atoms with Crippen molar-refractivity contribution in [3.05, 3.63) is 34.2 Å². The van der Waals surface area contributed by atoms with Crippen LogP contribution in [0.4, 0.5) is 6.01 Å². The van der Waals surface area contributed by atoms with Gasteiger partial charge in [0, 0.05) is 6.42 Å². The lowest BCUT2D eigenvalue weighted by Gasteiger charge is -2.05. The zero-order valence-corrected chi connectivity index (χ0v) is 11.7. The van der Waals surface area contributed by atoms with Crippen LogP contribution in [0.2, 0.25) is 0 Å². The Morgan fingerprint density at radius 2 is 2.15 bits per heavy atom. The predicted molar refractivity (Wildman–Crippen MR) is 77.8 cm³/mol. The number of anilines is 1. The Morgan fingerprint density at radius 3 is 2.90 bits per heavy atom. The van der Waals surface area contributed by atoms with Crippen molar-refractivity contribution in [2.75, 3.05) is 5.32 Å². The zero-order valence-electron chi connectivity index (χ0n) is 11.7. The van der Waals surface area contributed by atoms with Gasteiger partial charge in [-0.05, 0) is 25.0 Å². The number of rotatable bonds is 5. The molecule has 5 nitrogen and oxygen atoms in total. The normalized spacial score (nSPS) is 10.7. The molecule has 1 amide bonds. The van der Waals surface area contributed by atoms with Crippen LogP contribution in [0.5, 0.6) is 0 Å². The maximum Gasteiger partial charge on any atom is 0.348 e. The Balaban J connectivity index is 2.21. The van der Waals surface area contributed by atoms with Crippen LogP contribution in [0.15, 0.2) is 27.4 Å². The Hall–Kier alpha value is -2.17. The first kappa shape index (κ1) is 14.2. The van der Waals surface area contributed by atoms with Crippen molar-refractivity contribution >= 4 is 22.8 Å². The first-order chi connectivity index (χ1) is 9.61. The fourth-order valence-electron chi connectivity index (χ4n) is 2.01. The predicted octanol–water partition coefficient (Wildman–Crippen LogP) is 3.02. The van der Waals surface area contributed by atoms with Crippen LogP contribution in [0.25, 0.3) is 10.9 Å². The van der Waals surface area contributed by atoms with E-state index < -0.39 is 5.63 Å². The molecule has 0 saturated heterocycles. The summed E-state index contributed by atoms with van der Waals surface area (Å²) in [5.74, 6) is -0.179. The number of unbranched alkanes of at least 4 members (excludes halogenated alkanes) is 2. The van der Waals surface area contributed by atoms with E-state index in [4.69, 9.17) is 4.42 Å². The van der Waals surface area contributed by atoms with Crippen LogP contribution in [0.3, 0.4) is 0 Å². The number of aromatic nitrogens is 1. The molecule has 1 N–H and O–H groups in total. The van der Waals surface area contributed by atoms with E-state index in [9.17, 15) is 9.59 Å². The van der Waals surface area contributed by atoms with Crippen LogP contribution in [0.1, 0.15) is 38.2 Å². The van der Waals surface area contributed by atoms with Crippen LogP contribution in [-0.4, -0.2) is 10.9 Å². The molecule has 0 radical (unpaired) electrons. The maximum absolute atomic E-state index is 11.8. The molecule has 0 unspecified atom stereocenters. The molecule has 0 atom stereocenters. The minimum absolute atomic E-state index is 0.0294. The van der Waals surface area contributed by atoms with Crippen LogP contribution >= 0.6 is 0 Å². The van der Waals surface area contributed by atoms with Crippen LogP contribution < -0.4 is 10.9 Å². The molecule has 0 aliphatic heterocycles. The van der Waals surface area contributed by atoms with Gasteiger partial charge in [0.25, 0.3) is 0 Å². The number of carbonyl (C=O) groups is 1. The average molecular weight is 274 g/mol. The summed E-state index contributed by atoms with van der Waals surface area (Å²) in [6, 6.07) is 5.27. The Labute approximate surface area is 117 Å². The van der Waals surface area contributed by atoms with Crippen molar-refractivity contribution in [1.29, 1.82) is 0 Å². The van der Waals surface area contributed by atoms with E-state index in [-0.39, 0.29) is 11.9 Å².